The second-order valence-corrected chi connectivity index (χ2v) is 7.33. The Bertz CT molecular complexity index is 766. The Morgan fingerprint density at radius 2 is 1.96 bits per heavy atom. The third kappa shape index (κ3) is 3.28. The molecule has 0 aliphatic carbocycles. The lowest BCUT2D eigenvalue weighted by atomic mass is 9.99. The number of likely N-dealkylation sites (tertiary alicyclic amines) is 1. The molecule has 132 valence electrons. The van der Waals surface area contributed by atoms with E-state index in [9.17, 15) is 4.79 Å². The summed E-state index contributed by atoms with van der Waals surface area (Å²) in [6, 6.07) is 7.61. The average Bonchev–Trinajstić information content (AvgIpc) is 3.05. The van der Waals surface area contributed by atoms with Gasteiger partial charge in [0.2, 0.25) is 0 Å². The summed E-state index contributed by atoms with van der Waals surface area (Å²) in [4.78, 5) is 14.7. The van der Waals surface area contributed by atoms with E-state index < -0.39 is 0 Å². The lowest BCUT2D eigenvalue weighted by Crippen LogP contribution is -2.38. The molecule has 1 aromatic heterocycles. The van der Waals surface area contributed by atoms with Crippen molar-refractivity contribution in [1.29, 1.82) is 0 Å². The van der Waals surface area contributed by atoms with Gasteiger partial charge in [-0.3, -0.25) is 4.79 Å². The normalized spacial score (nSPS) is 21.2. The number of carbonyl (C=O) groups excluding carboxylic acids is 1. The van der Waals surface area contributed by atoms with Crippen molar-refractivity contribution in [2.75, 3.05) is 13.1 Å². The summed E-state index contributed by atoms with van der Waals surface area (Å²) in [6.07, 6.45) is 1.99. The second kappa shape index (κ2) is 6.77. The Morgan fingerprint density at radius 1 is 1.24 bits per heavy atom. The smallest absolute Gasteiger partial charge is 0.276 e. The molecule has 0 saturated carbocycles. The topological polar surface area (TPSA) is 60.2 Å². The first-order valence-electron chi connectivity index (χ1n) is 8.70. The Labute approximate surface area is 151 Å². The van der Waals surface area contributed by atoms with Gasteiger partial charge in [-0.25, -0.2) is 4.68 Å². The van der Waals surface area contributed by atoms with E-state index >= 15 is 0 Å². The highest BCUT2D eigenvalue weighted by molar-refractivity contribution is 6.30. The van der Waals surface area contributed by atoms with Gasteiger partial charge < -0.3 is 9.64 Å². The number of nitrogens with zero attached hydrogens (tertiary/aromatic N) is 4. The number of carbonyl (C=O) groups is 1. The number of aromatic nitrogens is 3. The van der Waals surface area contributed by atoms with Crippen molar-refractivity contribution in [3.05, 3.63) is 46.2 Å². The van der Waals surface area contributed by atoms with Crippen LogP contribution in [0.2, 0.25) is 5.02 Å². The van der Waals surface area contributed by atoms with Gasteiger partial charge in [-0.15, -0.1) is 5.10 Å². The van der Waals surface area contributed by atoms with E-state index in [1.54, 1.807) is 4.68 Å². The fourth-order valence-electron chi connectivity index (χ4n) is 3.42. The lowest BCUT2D eigenvalue weighted by molar-refractivity contribution is -0.00200. The van der Waals surface area contributed by atoms with Gasteiger partial charge in [0, 0.05) is 18.1 Å². The molecule has 4 rings (SSSR count). The van der Waals surface area contributed by atoms with E-state index in [-0.39, 0.29) is 12.0 Å². The van der Waals surface area contributed by atoms with Crippen LogP contribution in [0.3, 0.4) is 0 Å². The molecule has 0 spiro atoms. The molecule has 1 amide bonds. The highest BCUT2D eigenvalue weighted by Gasteiger charge is 2.31. The summed E-state index contributed by atoms with van der Waals surface area (Å²) in [7, 11) is 0. The first-order chi connectivity index (χ1) is 12.1. The lowest BCUT2D eigenvalue weighted by Gasteiger charge is -2.30. The summed E-state index contributed by atoms with van der Waals surface area (Å²) in [5, 5.41) is 9.05. The van der Waals surface area contributed by atoms with Crippen molar-refractivity contribution in [3.63, 3.8) is 0 Å². The minimum Gasteiger partial charge on any atom is -0.365 e. The van der Waals surface area contributed by atoms with Gasteiger partial charge in [0.15, 0.2) is 5.69 Å². The number of fused-ring (bicyclic) bond motifs is 1. The molecule has 3 heterocycles. The number of piperidine rings is 1. The zero-order valence-corrected chi connectivity index (χ0v) is 14.9. The molecule has 7 heteroatoms. The van der Waals surface area contributed by atoms with Gasteiger partial charge in [-0.05, 0) is 36.5 Å². The Morgan fingerprint density at radius 3 is 2.68 bits per heavy atom. The highest BCUT2D eigenvalue weighted by atomic mass is 35.5. The van der Waals surface area contributed by atoms with Gasteiger partial charge in [-0.2, -0.15) is 0 Å². The third-order valence-electron chi connectivity index (χ3n) is 5.11. The summed E-state index contributed by atoms with van der Waals surface area (Å²) in [6.45, 7) is 4.70. The van der Waals surface area contributed by atoms with Crippen LogP contribution in [0, 0.1) is 5.92 Å². The predicted molar refractivity (Wildman–Crippen MR) is 93.3 cm³/mol. The van der Waals surface area contributed by atoms with E-state index in [4.69, 9.17) is 16.3 Å². The average molecular weight is 361 g/mol. The molecule has 2 aromatic rings. The second-order valence-electron chi connectivity index (χ2n) is 6.89. The first-order valence-corrected chi connectivity index (χ1v) is 9.08. The number of benzene rings is 1. The number of hydrogen-bond acceptors (Lipinski definition) is 4. The molecule has 2 aliphatic heterocycles. The molecule has 0 bridgehead atoms. The number of amides is 1. The predicted octanol–water partition coefficient (Wildman–Crippen LogP) is 3.08. The zero-order chi connectivity index (χ0) is 17.4. The molecule has 0 radical (unpaired) electrons. The molecule has 1 fully saturated rings. The standard InChI is InChI=1S/C18H21ClN4O2/c1-12-6-8-22(9-7-12)18(24)17-15-11-25-16(10-23(15)21-20-17)13-2-4-14(19)5-3-13/h2-5,12,16H,6-11H2,1H3/t16-/m0/s1. The van der Waals surface area contributed by atoms with Crippen LogP contribution in [-0.4, -0.2) is 38.9 Å². The molecule has 1 aromatic carbocycles. The summed E-state index contributed by atoms with van der Waals surface area (Å²) in [5.74, 6) is 0.656. The number of halogens is 1. The van der Waals surface area contributed by atoms with E-state index in [2.05, 4.69) is 17.2 Å². The van der Waals surface area contributed by atoms with Crippen molar-refractivity contribution in [1.82, 2.24) is 19.9 Å². The quantitative estimate of drug-likeness (QED) is 0.825. The van der Waals surface area contributed by atoms with E-state index in [0.29, 0.717) is 29.8 Å². The molecule has 0 N–H and O–H groups in total. The maximum atomic E-state index is 12.8. The largest absolute Gasteiger partial charge is 0.365 e. The SMILES string of the molecule is CC1CCN(C(=O)c2nnn3c2CO[C@H](c2ccc(Cl)cc2)C3)CC1. The van der Waals surface area contributed by atoms with Crippen LogP contribution in [0.25, 0.3) is 0 Å². The van der Waals surface area contributed by atoms with Gasteiger partial charge in [0.25, 0.3) is 5.91 Å². The van der Waals surface area contributed by atoms with Crippen molar-refractivity contribution >= 4 is 17.5 Å². The Hall–Kier alpha value is -1.92. The van der Waals surface area contributed by atoms with Gasteiger partial charge in [0.1, 0.15) is 6.10 Å². The van der Waals surface area contributed by atoms with Crippen molar-refractivity contribution in [3.8, 4) is 0 Å². The fourth-order valence-corrected chi connectivity index (χ4v) is 3.54. The van der Waals surface area contributed by atoms with Crippen molar-refractivity contribution in [2.24, 2.45) is 5.92 Å². The molecule has 2 aliphatic rings. The molecule has 1 saturated heterocycles. The van der Waals surface area contributed by atoms with Crippen molar-refractivity contribution in [2.45, 2.75) is 39.0 Å². The van der Waals surface area contributed by atoms with Crippen LogP contribution in [0.4, 0.5) is 0 Å². The number of ether oxygens (including phenoxy) is 1. The minimum atomic E-state index is -0.106. The van der Waals surface area contributed by atoms with Gasteiger partial charge in [0.05, 0.1) is 18.8 Å². The first kappa shape index (κ1) is 16.5. The highest BCUT2D eigenvalue weighted by Crippen LogP contribution is 2.28. The minimum absolute atomic E-state index is 0.0262. The monoisotopic (exact) mass is 360 g/mol. The Balaban J connectivity index is 1.50. The molecule has 1 atom stereocenters. The maximum absolute atomic E-state index is 12.8. The van der Waals surface area contributed by atoms with E-state index in [0.717, 1.165) is 37.2 Å². The molecule has 0 unspecified atom stereocenters. The summed E-state index contributed by atoms with van der Waals surface area (Å²) >= 11 is 5.94. The molecular weight excluding hydrogens is 340 g/mol. The van der Waals surface area contributed by atoms with Crippen LogP contribution in [0.5, 0.6) is 0 Å². The zero-order valence-electron chi connectivity index (χ0n) is 14.2. The van der Waals surface area contributed by atoms with Crippen LogP contribution in [-0.2, 0) is 17.9 Å². The fraction of sp³-hybridized carbons (Fsp3) is 0.500. The molecule has 25 heavy (non-hydrogen) atoms. The maximum Gasteiger partial charge on any atom is 0.276 e. The molecular formula is C18H21ClN4O2. The Kier molecular flexibility index (Phi) is 4.48. The van der Waals surface area contributed by atoms with Crippen LogP contribution in [0.15, 0.2) is 24.3 Å². The van der Waals surface area contributed by atoms with E-state index in [1.165, 1.54) is 0 Å². The number of rotatable bonds is 2. The van der Waals surface area contributed by atoms with Gasteiger partial charge >= 0.3 is 0 Å². The van der Waals surface area contributed by atoms with Crippen LogP contribution >= 0.6 is 11.6 Å². The molecule has 6 nitrogen and oxygen atoms in total. The summed E-state index contributed by atoms with van der Waals surface area (Å²) in [5.41, 5.74) is 2.25. The van der Waals surface area contributed by atoms with Crippen LogP contribution < -0.4 is 0 Å². The third-order valence-corrected chi connectivity index (χ3v) is 5.36. The van der Waals surface area contributed by atoms with Crippen LogP contribution in [0.1, 0.15) is 47.6 Å². The summed E-state index contributed by atoms with van der Waals surface area (Å²) < 4.78 is 7.76. The number of hydrogen-bond donors (Lipinski definition) is 0. The van der Waals surface area contributed by atoms with E-state index in [1.807, 2.05) is 29.2 Å². The van der Waals surface area contributed by atoms with Crippen molar-refractivity contribution < 1.29 is 9.53 Å². The van der Waals surface area contributed by atoms with Gasteiger partial charge in [-0.1, -0.05) is 35.9 Å².